The van der Waals surface area contributed by atoms with Crippen molar-refractivity contribution >= 4 is 16.7 Å². The summed E-state index contributed by atoms with van der Waals surface area (Å²) >= 11 is 0. The topological polar surface area (TPSA) is 41.1 Å². The van der Waals surface area contributed by atoms with Gasteiger partial charge in [-0.1, -0.05) is 43.3 Å². The minimum atomic E-state index is 0.0394. The van der Waals surface area contributed by atoms with E-state index in [1.807, 2.05) is 26.0 Å². The van der Waals surface area contributed by atoms with Gasteiger partial charge in [0.05, 0.1) is 6.04 Å². The van der Waals surface area contributed by atoms with Crippen molar-refractivity contribution in [1.82, 2.24) is 10.6 Å². The van der Waals surface area contributed by atoms with Crippen LogP contribution in [-0.2, 0) is 4.79 Å². The van der Waals surface area contributed by atoms with Crippen molar-refractivity contribution in [2.45, 2.75) is 19.9 Å². The second-order valence-corrected chi connectivity index (χ2v) is 6.04. The van der Waals surface area contributed by atoms with E-state index in [2.05, 4.69) is 41.0 Å². The van der Waals surface area contributed by atoms with Gasteiger partial charge in [-0.05, 0) is 48.3 Å². The van der Waals surface area contributed by atoms with Crippen molar-refractivity contribution in [1.29, 1.82) is 0 Å². The monoisotopic (exact) mass is 282 g/mol. The Balaban J connectivity index is 1.70. The molecule has 2 aromatic carbocycles. The Labute approximate surface area is 125 Å². The average molecular weight is 282 g/mol. The third-order valence-corrected chi connectivity index (χ3v) is 4.57. The molecule has 0 aromatic heterocycles. The molecule has 1 aliphatic rings. The van der Waals surface area contributed by atoms with E-state index in [-0.39, 0.29) is 17.9 Å². The molecule has 0 bridgehead atoms. The molecule has 110 valence electrons. The normalized spacial score (nSPS) is 18.0. The molecule has 0 radical (unpaired) electrons. The Morgan fingerprint density at radius 1 is 1.14 bits per heavy atom. The quantitative estimate of drug-likeness (QED) is 0.905. The lowest BCUT2D eigenvalue weighted by Gasteiger charge is -2.32. The molecule has 1 heterocycles. The van der Waals surface area contributed by atoms with Crippen LogP contribution in [0.2, 0.25) is 0 Å². The number of fused-ring (bicyclic) bond motifs is 1. The Bertz CT molecular complexity index is 648. The van der Waals surface area contributed by atoms with Crippen molar-refractivity contribution in [2.75, 3.05) is 13.1 Å². The van der Waals surface area contributed by atoms with Gasteiger partial charge in [0.25, 0.3) is 0 Å². The Morgan fingerprint density at radius 2 is 1.86 bits per heavy atom. The first-order valence-electron chi connectivity index (χ1n) is 7.65. The highest BCUT2D eigenvalue weighted by Crippen LogP contribution is 2.22. The van der Waals surface area contributed by atoms with Gasteiger partial charge in [-0.15, -0.1) is 0 Å². The van der Waals surface area contributed by atoms with Gasteiger partial charge in [0.2, 0.25) is 5.91 Å². The molecule has 2 aromatic rings. The molecule has 1 fully saturated rings. The maximum Gasteiger partial charge on any atom is 0.223 e. The summed E-state index contributed by atoms with van der Waals surface area (Å²) in [6.45, 7) is 5.99. The third-order valence-electron chi connectivity index (χ3n) is 4.57. The summed E-state index contributed by atoms with van der Waals surface area (Å²) in [6, 6.07) is 14.7. The van der Waals surface area contributed by atoms with Gasteiger partial charge in [0.15, 0.2) is 0 Å². The lowest BCUT2D eigenvalue weighted by Crippen LogP contribution is -2.49. The van der Waals surface area contributed by atoms with E-state index in [0.717, 1.165) is 18.7 Å². The van der Waals surface area contributed by atoms with Crippen molar-refractivity contribution in [3.8, 4) is 0 Å². The Hall–Kier alpha value is -1.87. The van der Waals surface area contributed by atoms with Gasteiger partial charge in [-0.25, -0.2) is 0 Å². The number of nitrogens with one attached hydrogen (secondary N) is 2. The third kappa shape index (κ3) is 2.93. The van der Waals surface area contributed by atoms with Gasteiger partial charge in [-0.2, -0.15) is 0 Å². The number of amides is 1. The van der Waals surface area contributed by atoms with Crippen LogP contribution in [0.15, 0.2) is 42.5 Å². The van der Waals surface area contributed by atoms with E-state index in [9.17, 15) is 4.79 Å². The van der Waals surface area contributed by atoms with Crippen LogP contribution in [0, 0.1) is 11.8 Å². The van der Waals surface area contributed by atoms with Gasteiger partial charge < -0.3 is 10.6 Å². The summed E-state index contributed by atoms with van der Waals surface area (Å²) in [6.07, 6.45) is 0. The molecule has 0 spiro atoms. The standard InChI is InChI=1S/C18H22N2O/c1-12(17-10-19-11-17)18(21)20-13(2)15-8-7-14-5-3-4-6-16(14)9-15/h3-9,12-13,17,19H,10-11H2,1-2H3,(H,20,21). The predicted octanol–water partition coefficient (Wildman–Crippen LogP) is 2.87. The summed E-state index contributed by atoms with van der Waals surface area (Å²) in [5, 5.41) is 8.81. The molecule has 2 atom stereocenters. The van der Waals surface area contributed by atoms with E-state index in [4.69, 9.17) is 0 Å². The number of hydrogen-bond acceptors (Lipinski definition) is 2. The minimum Gasteiger partial charge on any atom is -0.349 e. The molecule has 3 heteroatoms. The highest BCUT2D eigenvalue weighted by atomic mass is 16.1. The lowest BCUT2D eigenvalue weighted by atomic mass is 9.88. The second kappa shape index (κ2) is 5.86. The summed E-state index contributed by atoms with van der Waals surface area (Å²) < 4.78 is 0. The molecular formula is C18H22N2O. The smallest absolute Gasteiger partial charge is 0.223 e. The van der Waals surface area contributed by atoms with E-state index in [1.165, 1.54) is 10.8 Å². The Kier molecular flexibility index (Phi) is 3.93. The van der Waals surface area contributed by atoms with E-state index in [1.54, 1.807) is 0 Å². The number of rotatable bonds is 4. The molecule has 3 nitrogen and oxygen atoms in total. The zero-order valence-electron chi connectivity index (χ0n) is 12.6. The number of carbonyl (C=O) groups is 1. The molecule has 1 amide bonds. The fourth-order valence-electron chi connectivity index (χ4n) is 2.78. The summed E-state index contributed by atoms with van der Waals surface area (Å²) in [7, 11) is 0. The highest BCUT2D eigenvalue weighted by Gasteiger charge is 2.29. The van der Waals surface area contributed by atoms with Crippen LogP contribution in [-0.4, -0.2) is 19.0 Å². The predicted molar refractivity (Wildman–Crippen MR) is 86.0 cm³/mol. The van der Waals surface area contributed by atoms with Crippen LogP contribution in [0.4, 0.5) is 0 Å². The van der Waals surface area contributed by atoms with Gasteiger partial charge >= 0.3 is 0 Å². The lowest BCUT2D eigenvalue weighted by molar-refractivity contribution is -0.127. The molecule has 2 N–H and O–H groups in total. The van der Waals surface area contributed by atoms with Crippen LogP contribution >= 0.6 is 0 Å². The first kappa shape index (κ1) is 14.1. The zero-order valence-corrected chi connectivity index (χ0v) is 12.6. The summed E-state index contributed by atoms with van der Waals surface area (Å²) in [5.74, 6) is 0.713. The molecule has 3 rings (SSSR count). The molecular weight excluding hydrogens is 260 g/mol. The fraction of sp³-hybridized carbons (Fsp3) is 0.389. The zero-order chi connectivity index (χ0) is 14.8. The van der Waals surface area contributed by atoms with E-state index < -0.39 is 0 Å². The SMILES string of the molecule is CC(NC(=O)C(C)C1CNC1)c1ccc2ccccc2c1. The second-order valence-electron chi connectivity index (χ2n) is 6.04. The van der Waals surface area contributed by atoms with E-state index in [0.29, 0.717) is 5.92 Å². The van der Waals surface area contributed by atoms with Crippen molar-refractivity contribution in [3.63, 3.8) is 0 Å². The fourth-order valence-corrected chi connectivity index (χ4v) is 2.78. The first-order valence-corrected chi connectivity index (χ1v) is 7.65. The van der Waals surface area contributed by atoms with Gasteiger partial charge in [0.1, 0.15) is 0 Å². The summed E-state index contributed by atoms with van der Waals surface area (Å²) in [5.41, 5.74) is 1.15. The van der Waals surface area contributed by atoms with Crippen LogP contribution in [0.1, 0.15) is 25.5 Å². The van der Waals surface area contributed by atoms with Crippen molar-refractivity contribution in [3.05, 3.63) is 48.0 Å². The number of hydrogen-bond donors (Lipinski definition) is 2. The number of benzene rings is 2. The van der Waals surface area contributed by atoms with Gasteiger partial charge in [-0.3, -0.25) is 4.79 Å². The van der Waals surface area contributed by atoms with Crippen LogP contribution in [0.25, 0.3) is 10.8 Å². The molecule has 0 saturated carbocycles. The Morgan fingerprint density at radius 3 is 2.52 bits per heavy atom. The van der Waals surface area contributed by atoms with Crippen molar-refractivity contribution in [2.24, 2.45) is 11.8 Å². The summed E-state index contributed by atoms with van der Waals surface area (Å²) in [4.78, 5) is 12.3. The van der Waals surface area contributed by atoms with Crippen LogP contribution in [0.5, 0.6) is 0 Å². The van der Waals surface area contributed by atoms with Crippen LogP contribution < -0.4 is 10.6 Å². The average Bonchev–Trinajstić information content (AvgIpc) is 2.44. The molecule has 21 heavy (non-hydrogen) atoms. The van der Waals surface area contributed by atoms with Crippen LogP contribution in [0.3, 0.4) is 0 Å². The maximum atomic E-state index is 12.3. The molecule has 0 aliphatic carbocycles. The first-order chi connectivity index (χ1) is 10.1. The highest BCUT2D eigenvalue weighted by molar-refractivity contribution is 5.83. The largest absolute Gasteiger partial charge is 0.349 e. The van der Waals surface area contributed by atoms with Crippen molar-refractivity contribution < 1.29 is 4.79 Å². The molecule has 1 aliphatic heterocycles. The maximum absolute atomic E-state index is 12.3. The van der Waals surface area contributed by atoms with Gasteiger partial charge in [0, 0.05) is 5.92 Å². The molecule has 2 unspecified atom stereocenters. The minimum absolute atomic E-state index is 0.0394. The molecule has 1 saturated heterocycles. The number of carbonyl (C=O) groups excluding carboxylic acids is 1. The van der Waals surface area contributed by atoms with E-state index >= 15 is 0 Å².